The Balaban J connectivity index is 2.27. The molecule has 1 N–H and O–H groups in total. The molecule has 0 atom stereocenters. The van der Waals surface area contributed by atoms with Gasteiger partial charge in [0, 0.05) is 12.2 Å². The molecule has 0 saturated heterocycles. The first kappa shape index (κ1) is 13.8. The number of hydrogen-bond acceptors (Lipinski definition) is 2. The summed E-state index contributed by atoms with van der Waals surface area (Å²) < 4.78 is 52.3. The van der Waals surface area contributed by atoms with Crippen molar-refractivity contribution in [3.8, 4) is 0 Å². The van der Waals surface area contributed by atoms with E-state index in [2.05, 4.69) is 10.1 Å². The topological polar surface area (TPSA) is 21.3 Å². The lowest BCUT2D eigenvalue weighted by Gasteiger charge is -2.11. The number of rotatable bonds is 5. The Kier molecular flexibility index (Phi) is 4.74. The van der Waals surface area contributed by atoms with E-state index in [1.807, 2.05) is 0 Å². The van der Waals surface area contributed by atoms with Crippen LogP contribution in [0.3, 0.4) is 0 Å². The zero-order chi connectivity index (χ0) is 12.9. The van der Waals surface area contributed by atoms with Crippen molar-refractivity contribution in [2.75, 3.05) is 25.1 Å². The molecule has 1 aromatic carbocycles. The number of alkyl halides is 3. The Bertz CT molecular complexity index is 365. The van der Waals surface area contributed by atoms with Gasteiger partial charge in [0.05, 0.1) is 6.61 Å². The van der Waals surface area contributed by atoms with Gasteiger partial charge in [-0.05, 0) is 30.7 Å². The smallest absolute Gasteiger partial charge is 0.383 e. The molecular formula is C11H13F4NO. The fourth-order valence-electron chi connectivity index (χ4n) is 1.27. The summed E-state index contributed by atoms with van der Waals surface area (Å²) in [5, 5.41) is 2.87. The van der Waals surface area contributed by atoms with Crippen LogP contribution in [0.25, 0.3) is 0 Å². The predicted octanol–water partition coefficient (Wildman–Crippen LogP) is 3.12. The summed E-state index contributed by atoms with van der Waals surface area (Å²) in [7, 11) is 0. The highest BCUT2D eigenvalue weighted by atomic mass is 19.4. The van der Waals surface area contributed by atoms with Gasteiger partial charge in [0.1, 0.15) is 12.4 Å². The molecule has 96 valence electrons. The molecule has 0 aliphatic carbocycles. The van der Waals surface area contributed by atoms with Crippen LogP contribution in [0.2, 0.25) is 0 Å². The quantitative estimate of drug-likeness (QED) is 0.641. The molecule has 0 heterocycles. The van der Waals surface area contributed by atoms with Crippen LogP contribution in [0, 0.1) is 12.7 Å². The minimum absolute atomic E-state index is 0.0592. The van der Waals surface area contributed by atoms with Crippen LogP contribution in [0.5, 0.6) is 0 Å². The van der Waals surface area contributed by atoms with Crippen molar-refractivity contribution in [2.45, 2.75) is 13.1 Å². The molecule has 0 saturated carbocycles. The normalized spacial score (nSPS) is 11.6. The summed E-state index contributed by atoms with van der Waals surface area (Å²) in [4.78, 5) is 0. The summed E-state index contributed by atoms with van der Waals surface area (Å²) >= 11 is 0. The second-order valence-corrected chi connectivity index (χ2v) is 3.55. The summed E-state index contributed by atoms with van der Waals surface area (Å²) in [5.41, 5.74) is 1.38. The van der Waals surface area contributed by atoms with Gasteiger partial charge in [-0.2, -0.15) is 13.2 Å². The summed E-state index contributed by atoms with van der Waals surface area (Å²) in [6, 6.07) is 4.17. The van der Waals surface area contributed by atoms with Crippen LogP contribution >= 0.6 is 0 Å². The van der Waals surface area contributed by atoms with Gasteiger partial charge in [0.25, 0.3) is 0 Å². The second kappa shape index (κ2) is 5.86. The maximum atomic E-state index is 12.7. The van der Waals surface area contributed by atoms with Crippen LogP contribution in [-0.2, 0) is 4.74 Å². The average molecular weight is 251 g/mol. The molecule has 17 heavy (non-hydrogen) atoms. The third-order valence-corrected chi connectivity index (χ3v) is 2.02. The van der Waals surface area contributed by atoms with Crippen LogP contribution in [0.4, 0.5) is 23.2 Å². The van der Waals surface area contributed by atoms with E-state index in [-0.39, 0.29) is 19.0 Å². The van der Waals surface area contributed by atoms with Crippen molar-refractivity contribution >= 4 is 5.69 Å². The lowest BCUT2D eigenvalue weighted by atomic mass is 10.2. The minimum Gasteiger partial charge on any atom is -0.383 e. The van der Waals surface area contributed by atoms with E-state index in [1.165, 1.54) is 18.2 Å². The number of benzene rings is 1. The number of anilines is 1. The third-order valence-electron chi connectivity index (χ3n) is 2.02. The molecule has 0 aromatic heterocycles. The molecule has 1 aromatic rings. The zero-order valence-corrected chi connectivity index (χ0v) is 9.27. The van der Waals surface area contributed by atoms with Crippen LogP contribution in [-0.4, -0.2) is 25.9 Å². The van der Waals surface area contributed by atoms with Crippen LogP contribution < -0.4 is 5.32 Å². The molecule has 0 bridgehead atoms. The molecule has 2 nitrogen and oxygen atoms in total. The van der Waals surface area contributed by atoms with E-state index in [0.717, 1.165) is 0 Å². The van der Waals surface area contributed by atoms with Gasteiger partial charge in [-0.15, -0.1) is 0 Å². The molecule has 0 radical (unpaired) electrons. The standard InChI is InChI=1S/C11H13F4NO/c1-8-6-9(12)2-3-10(8)16-4-5-17-7-11(13,14)15/h2-3,6,16H,4-5,7H2,1H3. The Morgan fingerprint density at radius 3 is 2.59 bits per heavy atom. The van der Waals surface area contributed by atoms with Crippen molar-refractivity contribution in [1.82, 2.24) is 0 Å². The van der Waals surface area contributed by atoms with Crippen molar-refractivity contribution in [3.63, 3.8) is 0 Å². The molecular weight excluding hydrogens is 238 g/mol. The zero-order valence-electron chi connectivity index (χ0n) is 9.27. The summed E-state index contributed by atoms with van der Waals surface area (Å²) in [6.45, 7) is 0.637. The fraction of sp³-hybridized carbons (Fsp3) is 0.455. The van der Waals surface area contributed by atoms with E-state index in [4.69, 9.17) is 0 Å². The third kappa shape index (κ3) is 5.53. The average Bonchev–Trinajstić information content (AvgIpc) is 2.18. The molecule has 0 aliphatic rings. The lowest BCUT2D eigenvalue weighted by molar-refractivity contribution is -0.172. The van der Waals surface area contributed by atoms with Gasteiger partial charge in [0.2, 0.25) is 0 Å². The van der Waals surface area contributed by atoms with Crippen molar-refractivity contribution in [2.24, 2.45) is 0 Å². The van der Waals surface area contributed by atoms with Crippen molar-refractivity contribution in [3.05, 3.63) is 29.6 Å². The molecule has 0 unspecified atom stereocenters. The number of hydrogen-bond donors (Lipinski definition) is 1. The Labute approximate surface area is 96.6 Å². The second-order valence-electron chi connectivity index (χ2n) is 3.55. The first-order valence-corrected chi connectivity index (χ1v) is 5.03. The molecule has 0 fully saturated rings. The molecule has 0 spiro atoms. The fourth-order valence-corrected chi connectivity index (χ4v) is 1.27. The van der Waals surface area contributed by atoms with Gasteiger partial charge in [-0.1, -0.05) is 0 Å². The number of halogens is 4. The maximum Gasteiger partial charge on any atom is 0.411 e. The predicted molar refractivity (Wildman–Crippen MR) is 56.5 cm³/mol. The molecule has 0 amide bonds. The van der Waals surface area contributed by atoms with Gasteiger partial charge in [-0.3, -0.25) is 0 Å². The van der Waals surface area contributed by atoms with E-state index in [9.17, 15) is 17.6 Å². The number of aryl methyl sites for hydroxylation is 1. The molecule has 6 heteroatoms. The monoisotopic (exact) mass is 251 g/mol. The number of ether oxygens (including phenoxy) is 1. The Hall–Kier alpha value is -1.30. The van der Waals surface area contributed by atoms with Gasteiger partial charge >= 0.3 is 6.18 Å². The highest BCUT2D eigenvalue weighted by Gasteiger charge is 2.27. The summed E-state index contributed by atoms with van der Waals surface area (Å²) in [6.07, 6.45) is -4.30. The van der Waals surface area contributed by atoms with Gasteiger partial charge < -0.3 is 10.1 Å². The maximum absolute atomic E-state index is 12.7. The summed E-state index contributed by atoms with van der Waals surface area (Å²) in [5.74, 6) is -0.346. The van der Waals surface area contributed by atoms with Crippen molar-refractivity contribution in [1.29, 1.82) is 0 Å². The van der Waals surface area contributed by atoms with Gasteiger partial charge in [-0.25, -0.2) is 4.39 Å². The lowest BCUT2D eigenvalue weighted by Crippen LogP contribution is -2.20. The number of nitrogens with one attached hydrogen (secondary N) is 1. The van der Waals surface area contributed by atoms with E-state index >= 15 is 0 Å². The van der Waals surface area contributed by atoms with E-state index in [1.54, 1.807) is 6.92 Å². The Morgan fingerprint density at radius 2 is 2.00 bits per heavy atom. The van der Waals surface area contributed by atoms with Crippen molar-refractivity contribution < 1.29 is 22.3 Å². The largest absolute Gasteiger partial charge is 0.411 e. The molecule has 1 rings (SSSR count). The van der Waals surface area contributed by atoms with Crippen LogP contribution in [0.1, 0.15) is 5.56 Å². The highest BCUT2D eigenvalue weighted by molar-refractivity contribution is 5.50. The SMILES string of the molecule is Cc1cc(F)ccc1NCCOCC(F)(F)F. The molecule has 0 aliphatic heterocycles. The first-order chi connectivity index (χ1) is 7.88. The van der Waals surface area contributed by atoms with Gasteiger partial charge in [0.15, 0.2) is 0 Å². The van der Waals surface area contributed by atoms with E-state index in [0.29, 0.717) is 11.3 Å². The highest BCUT2D eigenvalue weighted by Crippen LogP contribution is 2.16. The van der Waals surface area contributed by atoms with Crippen LogP contribution in [0.15, 0.2) is 18.2 Å². The first-order valence-electron chi connectivity index (χ1n) is 5.03. The van der Waals surface area contributed by atoms with E-state index < -0.39 is 12.8 Å². The minimum atomic E-state index is -4.30. The Morgan fingerprint density at radius 1 is 1.29 bits per heavy atom.